The molecule has 1 aliphatic carbocycles. The fourth-order valence-electron chi connectivity index (χ4n) is 3.34. The van der Waals surface area contributed by atoms with E-state index in [0.29, 0.717) is 45.3 Å². The van der Waals surface area contributed by atoms with Crippen molar-refractivity contribution in [3.8, 4) is 5.75 Å². The molecule has 0 spiro atoms. The molecule has 1 aromatic rings. The number of ketones is 1. The summed E-state index contributed by atoms with van der Waals surface area (Å²) < 4.78 is 39.3. The predicted octanol–water partition coefficient (Wildman–Crippen LogP) is 3.56. The van der Waals surface area contributed by atoms with Gasteiger partial charge in [0.25, 0.3) is 0 Å². The molecule has 0 radical (unpaired) electrons. The van der Waals surface area contributed by atoms with Crippen molar-refractivity contribution >= 4 is 17.7 Å². The number of hydrogen-bond donors (Lipinski definition) is 1. The number of benzene rings is 1. The summed E-state index contributed by atoms with van der Waals surface area (Å²) in [6.07, 6.45) is 2.21. The van der Waals surface area contributed by atoms with E-state index in [2.05, 4.69) is 5.32 Å². The fraction of sp³-hybridized carbons (Fsp3) is 0.571. The summed E-state index contributed by atoms with van der Waals surface area (Å²) >= 11 is 0. The third kappa shape index (κ3) is 6.51. The van der Waals surface area contributed by atoms with E-state index < -0.39 is 17.4 Å². The second kappa shape index (κ2) is 10.9. The maximum Gasteiger partial charge on any atom is 0.308 e. The molecule has 0 heterocycles. The van der Waals surface area contributed by atoms with Crippen molar-refractivity contribution in [2.24, 2.45) is 5.92 Å². The van der Waals surface area contributed by atoms with Crippen LogP contribution in [0.1, 0.15) is 62.7 Å². The van der Waals surface area contributed by atoms with Crippen molar-refractivity contribution in [1.29, 1.82) is 0 Å². The van der Waals surface area contributed by atoms with E-state index in [1.165, 1.54) is 19.1 Å². The third-order valence-corrected chi connectivity index (χ3v) is 4.89. The first-order valence-corrected chi connectivity index (χ1v) is 9.92. The standard InChI is InChI=1S/C21H27F2NO5/c1-3-28-21(27)14-6-8-15(9-7-14)29-18-11-10-16(19(22)20(18)23)17(26)5-4-12-24-13(2)25/h10-11,14-15H,3-9,12H2,1-2H3,(H,24,25). The van der Waals surface area contributed by atoms with Gasteiger partial charge in [-0.25, -0.2) is 4.39 Å². The van der Waals surface area contributed by atoms with Gasteiger partial charge >= 0.3 is 5.97 Å². The maximum atomic E-state index is 14.4. The lowest BCUT2D eigenvalue weighted by Crippen LogP contribution is -2.29. The Balaban J connectivity index is 1.91. The molecule has 0 aliphatic heterocycles. The lowest BCUT2D eigenvalue weighted by Gasteiger charge is -2.28. The number of carbonyl (C=O) groups excluding carboxylic acids is 3. The molecule has 160 valence electrons. The van der Waals surface area contributed by atoms with Gasteiger partial charge in [-0.05, 0) is 51.2 Å². The Hall–Kier alpha value is -2.51. The summed E-state index contributed by atoms with van der Waals surface area (Å²) in [6.45, 7) is 3.74. The van der Waals surface area contributed by atoms with Crippen molar-refractivity contribution in [2.75, 3.05) is 13.2 Å². The monoisotopic (exact) mass is 411 g/mol. The van der Waals surface area contributed by atoms with Crippen LogP contribution in [-0.2, 0) is 14.3 Å². The molecule has 1 aromatic carbocycles. The highest BCUT2D eigenvalue weighted by molar-refractivity contribution is 5.96. The van der Waals surface area contributed by atoms with Gasteiger partial charge in [0, 0.05) is 19.9 Å². The Bertz CT molecular complexity index is 745. The molecule has 29 heavy (non-hydrogen) atoms. The molecule has 0 atom stereocenters. The van der Waals surface area contributed by atoms with Crippen LogP contribution in [0.25, 0.3) is 0 Å². The van der Waals surface area contributed by atoms with E-state index in [9.17, 15) is 23.2 Å². The summed E-state index contributed by atoms with van der Waals surface area (Å²) in [7, 11) is 0. The molecule has 2 rings (SSSR count). The van der Waals surface area contributed by atoms with Crippen molar-refractivity contribution in [1.82, 2.24) is 5.32 Å². The van der Waals surface area contributed by atoms with E-state index in [0.717, 1.165) is 0 Å². The lowest BCUT2D eigenvalue weighted by atomic mass is 9.87. The Morgan fingerprint density at radius 3 is 2.41 bits per heavy atom. The van der Waals surface area contributed by atoms with E-state index in [4.69, 9.17) is 9.47 Å². The van der Waals surface area contributed by atoms with Gasteiger partial charge in [0.15, 0.2) is 17.3 Å². The Labute approximate surface area is 168 Å². The number of nitrogens with one attached hydrogen (secondary N) is 1. The number of ether oxygens (including phenoxy) is 2. The highest BCUT2D eigenvalue weighted by Gasteiger charge is 2.29. The second-order valence-electron chi connectivity index (χ2n) is 7.09. The first kappa shape index (κ1) is 22.8. The largest absolute Gasteiger partial charge is 0.487 e. The first-order chi connectivity index (χ1) is 13.8. The minimum absolute atomic E-state index is 0.00524. The molecule has 1 saturated carbocycles. The SMILES string of the molecule is CCOC(=O)C1CCC(Oc2ccc(C(=O)CCCNC(C)=O)c(F)c2F)CC1. The Morgan fingerprint density at radius 2 is 1.79 bits per heavy atom. The molecule has 1 N–H and O–H groups in total. The quantitative estimate of drug-likeness (QED) is 0.382. The summed E-state index contributed by atoms with van der Waals surface area (Å²) in [5.41, 5.74) is -0.330. The van der Waals surface area contributed by atoms with E-state index >= 15 is 0 Å². The molecular formula is C21H27F2NO5. The molecule has 0 bridgehead atoms. The fourth-order valence-corrected chi connectivity index (χ4v) is 3.34. The number of Topliss-reactive ketones (excluding diaryl/α,β-unsaturated/α-hetero) is 1. The van der Waals surface area contributed by atoms with E-state index in [1.54, 1.807) is 6.92 Å². The van der Waals surface area contributed by atoms with E-state index in [1.807, 2.05) is 0 Å². The van der Waals surface area contributed by atoms with Crippen LogP contribution in [-0.4, -0.2) is 36.9 Å². The highest BCUT2D eigenvalue weighted by atomic mass is 19.2. The number of rotatable bonds is 9. The van der Waals surface area contributed by atoms with Gasteiger partial charge in [0.2, 0.25) is 11.7 Å². The Kier molecular flexibility index (Phi) is 8.54. The van der Waals surface area contributed by atoms with E-state index in [-0.39, 0.29) is 41.6 Å². The number of carbonyl (C=O) groups is 3. The predicted molar refractivity (Wildman–Crippen MR) is 102 cm³/mol. The number of esters is 1. The highest BCUT2D eigenvalue weighted by Crippen LogP contribution is 2.31. The normalized spacial score (nSPS) is 18.8. The first-order valence-electron chi connectivity index (χ1n) is 9.92. The summed E-state index contributed by atoms with van der Waals surface area (Å²) in [4.78, 5) is 34.7. The summed E-state index contributed by atoms with van der Waals surface area (Å²) in [5.74, 6) is -3.83. The lowest BCUT2D eigenvalue weighted by molar-refractivity contribution is -0.149. The van der Waals surface area contributed by atoms with Crippen LogP contribution < -0.4 is 10.1 Å². The molecule has 1 amide bonds. The average molecular weight is 411 g/mol. The van der Waals surface area contributed by atoms with Gasteiger partial charge in [-0.15, -0.1) is 0 Å². The van der Waals surface area contributed by atoms with Crippen LogP contribution in [0, 0.1) is 17.6 Å². The third-order valence-electron chi connectivity index (χ3n) is 4.89. The van der Waals surface area contributed by atoms with Gasteiger partial charge in [0.05, 0.1) is 24.2 Å². The average Bonchev–Trinajstić information content (AvgIpc) is 2.69. The molecule has 1 aliphatic rings. The zero-order chi connectivity index (χ0) is 21.4. The van der Waals surface area contributed by atoms with Gasteiger partial charge in [-0.2, -0.15) is 4.39 Å². The van der Waals surface area contributed by atoms with Crippen LogP contribution in [0.3, 0.4) is 0 Å². The summed E-state index contributed by atoms with van der Waals surface area (Å²) in [5, 5.41) is 2.54. The van der Waals surface area contributed by atoms with Gasteiger partial charge in [-0.3, -0.25) is 14.4 Å². The molecule has 0 saturated heterocycles. The van der Waals surface area contributed by atoms with Crippen LogP contribution in [0.4, 0.5) is 8.78 Å². The minimum Gasteiger partial charge on any atom is -0.487 e. The molecule has 1 fully saturated rings. The molecular weight excluding hydrogens is 384 g/mol. The molecule has 8 heteroatoms. The van der Waals surface area contributed by atoms with Crippen molar-refractivity contribution in [2.45, 2.75) is 58.5 Å². The zero-order valence-electron chi connectivity index (χ0n) is 16.8. The number of hydrogen-bond acceptors (Lipinski definition) is 5. The maximum absolute atomic E-state index is 14.4. The van der Waals surface area contributed by atoms with Crippen LogP contribution in [0.5, 0.6) is 5.75 Å². The molecule has 0 unspecified atom stereocenters. The topological polar surface area (TPSA) is 81.7 Å². The second-order valence-corrected chi connectivity index (χ2v) is 7.09. The van der Waals surface area contributed by atoms with Gasteiger partial charge in [0.1, 0.15) is 0 Å². The minimum atomic E-state index is -1.23. The number of amides is 1. The van der Waals surface area contributed by atoms with Gasteiger partial charge in [-0.1, -0.05) is 0 Å². The van der Waals surface area contributed by atoms with Crippen molar-refractivity contribution < 1.29 is 32.6 Å². The number of halogens is 2. The Morgan fingerprint density at radius 1 is 1.10 bits per heavy atom. The van der Waals surface area contributed by atoms with Crippen LogP contribution in [0.15, 0.2) is 12.1 Å². The van der Waals surface area contributed by atoms with Crippen LogP contribution in [0.2, 0.25) is 0 Å². The smallest absolute Gasteiger partial charge is 0.308 e. The molecule has 6 nitrogen and oxygen atoms in total. The van der Waals surface area contributed by atoms with Crippen molar-refractivity contribution in [3.05, 3.63) is 29.3 Å². The van der Waals surface area contributed by atoms with Gasteiger partial charge < -0.3 is 14.8 Å². The van der Waals surface area contributed by atoms with Crippen molar-refractivity contribution in [3.63, 3.8) is 0 Å². The summed E-state index contributed by atoms with van der Waals surface area (Å²) in [6, 6.07) is 2.48. The molecule has 0 aromatic heterocycles. The zero-order valence-corrected chi connectivity index (χ0v) is 16.8. The van der Waals surface area contributed by atoms with Crippen LogP contribution >= 0.6 is 0 Å².